The van der Waals surface area contributed by atoms with Gasteiger partial charge in [-0.15, -0.1) is 0 Å². The summed E-state index contributed by atoms with van der Waals surface area (Å²) in [5, 5.41) is 9.28. The zero-order valence-electron chi connectivity index (χ0n) is 11.8. The van der Waals surface area contributed by atoms with Crippen LogP contribution in [0.4, 0.5) is 0 Å². The molecular weight excluding hydrogens is 294 g/mol. The third kappa shape index (κ3) is 3.42. The number of rotatable bonds is 6. The number of carboxylic acid groups (broad SMARTS) is 1. The van der Waals surface area contributed by atoms with Crippen molar-refractivity contribution in [1.29, 1.82) is 0 Å². The summed E-state index contributed by atoms with van der Waals surface area (Å²) in [6.07, 6.45) is 1.97. The van der Waals surface area contributed by atoms with E-state index in [4.69, 9.17) is 4.74 Å². The summed E-state index contributed by atoms with van der Waals surface area (Å²) in [6, 6.07) is 6.49. The fourth-order valence-electron chi connectivity index (χ4n) is 2.30. The van der Waals surface area contributed by atoms with E-state index in [0.29, 0.717) is 0 Å². The van der Waals surface area contributed by atoms with Gasteiger partial charge in [-0.25, -0.2) is 8.42 Å². The van der Waals surface area contributed by atoms with Gasteiger partial charge < -0.3 is 9.84 Å². The van der Waals surface area contributed by atoms with Crippen LogP contribution >= 0.6 is 0 Å². The summed E-state index contributed by atoms with van der Waals surface area (Å²) in [5.74, 6) is -1.22. The first-order chi connectivity index (χ1) is 9.89. The Kier molecular flexibility index (Phi) is 4.65. The van der Waals surface area contributed by atoms with Crippen molar-refractivity contribution in [1.82, 2.24) is 4.72 Å². The van der Waals surface area contributed by atoms with Crippen LogP contribution in [0.5, 0.6) is 0 Å². The van der Waals surface area contributed by atoms with E-state index in [0.717, 1.165) is 18.4 Å². The zero-order chi connectivity index (χ0) is 15.5. The number of nitrogens with one attached hydrogen (secondary N) is 1. The first-order valence-electron chi connectivity index (χ1n) is 6.84. The van der Waals surface area contributed by atoms with E-state index in [9.17, 15) is 18.3 Å². The van der Waals surface area contributed by atoms with E-state index in [1.165, 1.54) is 12.1 Å². The normalized spacial score (nSPS) is 22.3. The van der Waals surface area contributed by atoms with E-state index in [2.05, 4.69) is 4.72 Å². The zero-order valence-corrected chi connectivity index (χ0v) is 12.6. The van der Waals surface area contributed by atoms with Crippen LogP contribution < -0.4 is 4.72 Å². The van der Waals surface area contributed by atoms with Gasteiger partial charge in [-0.1, -0.05) is 25.5 Å². The van der Waals surface area contributed by atoms with Crippen molar-refractivity contribution in [2.24, 2.45) is 0 Å². The second-order valence-electron chi connectivity index (χ2n) is 5.19. The van der Waals surface area contributed by atoms with Crippen LogP contribution in [0.3, 0.4) is 0 Å². The molecule has 21 heavy (non-hydrogen) atoms. The van der Waals surface area contributed by atoms with Crippen molar-refractivity contribution < 1.29 is 23.1 Å². The molecule has 1 aromatic carbocycles. The van der Waals surface area contributed by atoms with Gasteiger partial charge in [0.15, 0.2) is 5.54 Å². The minimum atomic E-state index is -3.89. The highest BCUT2D eigenvalue weighted by molar-refractivity contribution is 7.89. The topological polar surface area (TPSA) is 92.7 Å². The smallest absolute Gasteiger partial charge is 0.327 e. The van der Waals surface area contributed by atoms with E-state index in [1.807, 2.05) is 6.92 Å². The number of aryl methyl sites for hydroxylation is 1. The number of carboxylic acids is 1. The van der Waals surface area contributed by atoms with Crippen LogP contribution in [-0.2, 0) is 26.0 Å². The van der Waals surface area contributed by atoms with Crippen molar-refractivity contribution in [3.8, 4) is 0 Å². The van der Waals surface area contributed by atoms with Gasteiger partial charge >= 0.3 is 5.97 Å². The number of benzene rings is 1. The summed E-state index contributed by atoms with van der Waals surface area (Å²) in [7, 11) is -3.89. The Hall–Kier alpha value is -1.44. The third-order valence-corrected chi connectivity index (χ3v) is 5.09. The minimum absolute atomic E-state index is 0.0647. The molecule has 0 amide bonds. The molecule has 1 aliphatic heterocycles. The molecule has 6 nitrogen and oxygen atoms in total. The van der Waals surface area contributed by atoms with Gasteiger partial charge in [0.2, 0.25) is 10.0 Å². The molecule has 1 aliphatic rings. The second kappa shape index (κ2) is 6.13. The lowest BCUT2D eigenvalue weighted by Gasteiger charge is -2.23. The molecule has 2 rings (SSSR count). The molecule has 1 atom stereocenters. The second-order valence-corrected chi connectivity index (χ2v) is 6.87. The summed E-state index contributed by atoms with van der Waals surface area (Å²) in [4.78, 5) is 11.4. The number of carbonyl (C=O) groups is 1. The monoisotopic (exact) mass is 313 g/mol. The number of ether oxygens (including phenoxy) is 1. The molecule has 1 heterocycles. The Bertz CT molecular complexity index is 603. The first kappa shape index (κ1) is 15.9. The SMILES string of the molecule is CCCc1ccc(S(=O)(=O)NC2(C(=O)O)CCOC2)cc1. The lowest BCUT2D eigenvalue weighted by atomic mass is 10.0. The summed E-state index contributed by atoms with van der Waals surface area (Å²) >= 11 is 0. The standard InChI is InChI=1S/C14H19NO5S/c1-2-3-11-4-6-12(7-5-11)21(18,19)15-14(13(16)17)8-9-20-10-14/h4-7,15H,2-3,8-10H2,1H3,(H,16,17). The van der Waals surface area contributed by atoms with Gasteiger partial charge in [-0.3, -0.25) is 4.79 Å². The first-order valence-corrected chi connectivity index (χ1v) is 8.32. The van der Waals surface area contributed by atoms with Gasteiger partial charge in [0.05, 0.1) is 11.5 Å². The van der Waals surface area contributed by atoms with Gasteiger partial charge in [0, 0.05) is 13.0 Å². The maximum atomic E-state index is 12.3. The lowest BCUT2D eigenvalue weighted by Crippen LogP contribution is -2.54. The summed E-state index contributed by atoms with van der Waals surface area (Å²) < 4.78 is 32.0. The van der Waals surface area contributed by atoms with Crippen LogP contribution in [0.2, 0.25) is 0 Å². The fourth-order valence-corrected chi connectivity index (χ4v) is 3.67. The van der Waals surface area contributed by atoms with E-state index >= 15 is 0 Å². The number of sulfonamides is 1. The Balaban J connectivity index is 2.23. The highest BCUT2D eigenvalue weighted by Crippen LogP contribution is 2.22. The fraction of sp³-hybridized carbons (Fsp3) is 0.500. The Labute approximate surface area is 124 Å². The quantitative estimate of drug-likeness (QED) is 0.822. The van der Waals surface area contributed by atoms with E-state index < -0.39 is 21.5 Å². The van der Waals surface area contributed by atoms with Crippen LogP contribution in [0.1, 0.15) is 25.3 Å². The van der Waals surface area contributed by atoms with Crippen LogP contribution in [0, 0.1) is 0 Å². The van der Waals surface area contributed by atoms with Crippen LogP contribution in [0.25, 0.3) is 0 Å². The minimum Gasteiger partial charge on any atom is -0.480 e. The molecular formula is C14H19NO5S. The van der Waals surface area contributed by atoms with Crippen LogP contribution in [-0.4, -0.2) is 38.2 Å². The maximum absolute atomic E-state index is 12.3. The molecule has 0 aromatic heterocycles. The van der Waals surface area contributed by atoms with Gasteiger partial charge in [-0.2, -0.15) is 4.72 Å². The molecule has 0 bridgehead atoms. The van der Waals surface area contributed by atoms with Crippen molar-refractivity contribution in [3.63, 3.8) is 0 Å². The van der Waals surface area contributed by atoms with Gasteiger partial charge in [0.25, 0.3) is 0 Å². The molecule has 1 aromatic rings. The van der Waals surface area contributed by atoms with Crippen LogP contribution in [0.15, 0.2) is 29.2 Å². The predicted molar refractivity (Wildman–Crippen MR) is 76.6 cm³/mol. The number of hydrogen-bond donors (Lipinski definition) is 2. The molecule has 1 saturated heterocycles. The predicted octanol–water partition coefficient (Wildman–Crippen LogP) is 1.16. The van der Waals surface area contributed by atoms with E-state index in [1.54, 1.807) is 12.1 Å². The molecule has 0 saturated carbocycles. The Morgan fingerprint density at radius 2 is 2.05 bits per heavy atom. The van der Waals surface area contributed by atoms with Gasteiger partial charge in [0.1, 0.15) is 0 Å². The average Bonchev–Trinajstić information content (AvgIpc) is 2.89. The van der Waals surface area contributed by atoms with Crippen molar-refractivity contribution in [3.05, 3.63) is 29.8 Å². The molecule has 116 valence electrons. The third-order valence-electron chi connectivity index (χ3n) is 3.53. The van der Waals surface area contributed by atoms with Crippen molar-refractivity contribution in [2.45, 2.75) is 36.6 Å². The highest BCUT2D eigenvalue weighted by Gasteiger charge is 2.46. The molecule has 2 N–H and O–H groups in total. The lowest BCUT2D eigenvalue weighted by molar-refractivity contribution is -0.144. The average molecular weight is 313 g/mol. The number of aliphatic carboxylic acids is 1. The Morgan fingerprint density at radius 1 is 1.38 bits per heavy atom. The van der Waals surface area contributed by atoms with E-state index in [-0.39, 0.29) is 24.5 Å². The van der Waals surface area contributed by atoms with Crippen molar-refractivity contribution >= 4 is 16.0 Å². The highest BCUT2D eigenvalue weighted by atomic mass is 32.2. The molecule has 1 unspecified atom stereocenters. The van der Waals surface area contributed by atoms with Gasteiger partial charge in [-0.05, 0) is 24.1 Å². The number of hydrogen-bond acceptors (Lipinski definition) is 4. The summed E-state index contributed by atoms with van der Waals surface area (Å²) in [5.41, 5.74) is -0.519. The molecule has 0 aliphatic carbocycles. The maximum Gasteiger partial charge on any atom is 0.327 e. The summed E-state index contributed by atoms with van der Waals surface area (Å²) in [6.45, 7) is 2.11. The molecule has 7 heteroatoms. The largest absolute Gasteiger partial charge is 0.480 e. The molecule has 0 spiro atoms. The molecule has 1 fully saturated rings. The molecule has 0 radical (unpaired) electrons. The Morgan fingerprint density at radius 3 is 2.52 bits per heavy atom. The van der Waals surface area contributed by atoms with Crippen molar-refractivity contribution in [2.75, 3.05) is 13.2 Å².